The Balaban J connectivity index is 2.24. The quantitative estimate of drug-likeness (QED) is 0.854. The third-order valence-corrected chi connectivity index (χ3v) is 3.63. The van der Waals surface area contributed by atoms with Gasteiger partial charge in [0.25, 0.3) is 5.56 Å². The maximum Gasteiger partial charge on any atom is 0.283 e. The topological polar surface area (TPSA) is 59.8 Å². The van der Waals surface area contributed by atoms with Gasteiger partial charge in [-0.05, 0) is 40.5 Å². The molecule has 2 heterocycles. The van der Waals surface area contributed by atoms with Crippen molar-refractivity contribution in [3.8, 4) is 0 Å². The van der Waals surface area contributed by atoms with Crippen LogP contribution in [-0.4, -0.2) is 14.8 Å². The van der Waals surface area contributed by atoms with E-state index in [-0.39, 0.29) is 11.6 Å². The first-order valence-electron chi connectivity index (χ1n) is 6.16. The number of rotatable bonds is 5. The summed E-state index contributed by atoms with van der Waals surface area (Å²) in [5.41, 5.74) is 1.57. The molecular weight excluding hydrogens is 320 g/mol. The lowest BCUT2D eigenvalue weighted by molar-refractivity contribution is 0.648. The van der Waals surface area contributed by atoms with Gasteiger partial charge in [-0.2, -0.15) is 5.10 Å². The molecule has 0 saturated heterocycles. The second kappa shape index (κ2) is 6.47. The van der Waals surface area contributed by atoms with E-state index in [9.17, 15) is 4.79 Å². The summed E-state index contributed by atoms with van der Waals surface area (Å²) < 4.78 is 1.81. The Morgan fingerprint density at radius 1 is 1.50 bits per heavy atom. The van der Waals surface area contributed by atoms with E-state index in [4.69, 9.17) is 0 Å². The molecule has 1 unspecified atom stereocenters. The first kappa shape index (κ1) is 14.5. The second-order valence-electron chi connectivity index (χ2n) is 4.29. The molecule has 0 spiro atoms. The fourth-order valence-electron chi connectivity index (χ4n) is 1.79. The molecule has 0 saturated carbocycles. The van der Waals surface area contributed by atoms with E-state index in [0.717, 1.165) is 5.56 Å². The van der Waals surface area contributed by atoms with Gasteiger partial charge in [0.2, 0.25) is 0 Å². The predicted octanol–water partition coefficient (Wildman–Crippen LogP) is 2.76. The number of nitrogens with one attached hydrogen (secondary N) is 1. The van der Waals surface area contributed by atoms with Gasteiger partial charge in [0.15, 0.2) is 0 Å². The number of aromatic nitrogens is 3. The lowest BCUT2D eigenvalue weighted by atomic mass is 10.1. The van der Waals surface area contributed by atoms with Crippen molar-refractivity contribution in [2.24, 2.45) is 0 Å². The zero-order chi connectivity index (χ0) is 14.5. The Bertz CT molecular complexity index is 654. The monoisotopic (exact) mass is 334 g/mol. The number of pyridine rings is 1. The summed E-state index contributed by atoms with van der Waals surface area (Å²) >= 11 is 3.32. The van der Waals surface area contributed by atoms with Crippen LogP contribution in [0.15, 0.2) is 52.6 Å². The van der Waals surface area contributed by atoms with Gasteiger partial charge in [0.05, 0.1) is 18.4 Å². The summed E-state index contributed by atoms with van der Waals surface area (Å²) in [6.07, 6.45) is 6.74. The number of allylic oxidation sites excluding steroid dienone is 1. The molecular formula is C14H15BrN4O. The molecule has 0 aliphatic carbocycles. The van der Waals surface area contributed by atoms with Gasteiger partial charge in [-0.25, -0.2) is 4.68 Å². The van der Waals surface area contributed by atoms with Crippen LogP contribution in [0.2, 0.25) is 0 Å². The van der Waals surface area contributed by atoms with Crippen LogP contribution in [0.4, 0.5) is 5.69 Å². The van der Waals surface area contributed by atoms with Crippen LogP contribution in [-0.2, 0) is 6.54 Å². The van der Waals surface area contributed by atoms with Gasteiger partial charge < -0.3 is 5.32 Å². The van der Waals surface area contributed by atoms with Crippen LogP contribution < -0.4 is 10.9 Å². The zero-order valence-electron chi connectivity index (χ0n) is 11.1. The van der Waals surface area contributed by atoms with E-state index in [1.807, 2.05) is 19.1 Å². The molecule has 0 aliphatic heterocycles. The summed E-state index contributed by atoms with van der Waals surface area (Å²) in [7, 11) is 0. The highest BCUT2D eigenvalue weighted by Crippen LogP contribution is 2.22. The lowest BCUT2D eigenvalue weighted by Gasteiger charge is -2.16. The summed E-state index contributed by atoms with van der Waals surface area (Å²) in [6, 6.07) is 3.90. The van der Waals surface area contributed by atoms with Gasteiger partial charge >= 0.3 is 0 Å². The first-order valence-corrected chi connectivity index (χ1v) is 6.95. The molecule has 0 aliphatic rings. The molecule has 1 N–H and O–H groups in total. The third-order valence-electron chi connectivity index (χ3n) is 2.87. The van der Waals surface area contributed by atoms with Crippen molar-refractivity contribution >= 4 is 21.6 Å². The van der Waals surface area contributed by atoms with Crippen LogP contribution in [0.5, 0.6) is 0 Å². The van der Waals surface area contributed by atoms with Crippen molar-refractivity contribution in [3.63, 3.8) is 0 Å². The fourth-order valence-corrected chi connectivity index (χ4v) is 2.21. The molecule has 2 aromatic rings. The predicted molar refractivity (Wildman–Crippen MR) is 82.7 cm³/mol. The van der Waals surface area contributed by atoms with E-state index >= 15 is 0 Å². The normalized spacial score (nSPS) is 11.9. The Labute approximate surface area is 125 Å². The van der Waals surface area contributed by atoms with Gasteiger partial charge in [0.1, 0.15) is 4.47 Å². The fraction of sp³-hybridized carbons (Fsp3) is 0.214. The number of hydrogen-bond donors (Lipinski definition) is 1. The Kier molecular flexibility index (Phi) is 4.68. The Hall–Kier alpha value is -1.95. The summed E-state index contributed by atoms with van der Waals surface area (Å²) in [4.78, 5) is 16.0. The van der Waals surface area contributed by atoms with Crippen molar-refractivity contribution in [2.45, 2.75) is 19.5 Å². The van der Waals surface area contributed by atoms with Crippen LogP contribution >= 0.6 is 15.9 Å². The highest BCUT2D eigenvalue weighted by atomic mass is 79.9. The van der Waals surface area contributed by atoms with Gasteiger partial charge in [-0.1, -0.05) is 6.08 Å². The van der Waals surface area contributed by atoms with Crippen LogP contribution in [0.1, 0.15) is 18.5 Å². The molecule has 6 heteroatoms. The third kappa shape index (κ3) is 3.14. The lowest BCUT2D eigenvalue weighted by Crippen LogP contribution is -2.24. The second-order valence-corrected chi connectivity index (χ2v) is 5.09. The molecule has 0 aromatic carbocycles. The number of halogens is 1. The summed E-state index contributed by atoms with van der Waals surface area (Å²) in [6.45, 7) is 6.00. The largest absolute Gasteiger partial charge is 0.376 e. The molecule has 20 heavy (non-hydrogen) atoms. The maximum absolute atomic E-state index is 12.1. The van der Waals surface area contributed by atoms with E-state index in [0.29, 0.717) is 16.7 Å². The average Bonchev–Trinajstić information content (AvgIpc) is 2.48. The minimum atomic E-state index is -0.183. The van der Waals surface area contributed by atoms with Crippen molar-refractivity contribution in [1.29, 1.82) is 0 Å². The van der Waals surface area contributed by atoms with Crippen LogP contribution in [0.25, 0.3) is 0 Å². The van der Waals surface area contributed by atoms with Crippen molar-refractivity contribution in [1.82, 2.24) is 14.8 Å². The van der Waals surface area contributed by atoms with Crippen LogP contribution in [0.3, 0.4) is 0 Å². The van der Waals surface area contributed by atoms with Crippen molar-refractivity contribution in [2.75, 3.05) is 5.32 Å². The Morgan fingerprint density at radius 3 is 2.85 bits per heavy atom. The molecule has 0 bridgehead atoms. The average molecular weight is 335 g/mol. The molecule has 2 aromatic heterocycles. The summed E-state index contributed by atoms with van der Waals surface area (Å²) in [5, 5.41) is 7.36. The van der Waals surface area contributed by atoms with Crippen LogP contribution in [0, 0.1) is 0 Å². The maximum atomic E-state index is 12.1. The van der Waals surface area contributed by atoms with E-state index in [1.165, 1.54) is 4.68 Å². The van der Waals surface area contributed by atoms with Gasteiger partial charge in [-0.3, -0.25) is 9.78 Å². The molecule has 0 amide bonds. The zero-order valence-corrected chi connectivity index (χ0v) is 12.7. The number of nitrogens with zero attached hydrogens (tertiary/aromatic N) is 3. The number of anilines is 1. The molecule has 1 atom stereocenters. The SMILES string of the molecule is C=CCn1ncc(NC(C)c2ccncc2)c(Br)c1=O. The van der Waals surface area contributed by atoms with E-state index in [2.05, 4.69) is 37.9 Å². The molecule has 0 radical (unpaired) electrons. The summed E-state index contributed by atoms with van der Waals surface area (Å²) in [5.74, 6) is 0. The highest BCUT2D eigenvalue weighted by Gasteiger charge is 2.11. The van der Waals surface area contributed by atoms with E-state index < -0.39 is 0 Å². The van der Waals surface area contributed by atoms with Crippen molar-refractivity contribution < 1.29 is 0 Å². The standard InChI is InChI=1S/C14H15BrN4O/c1-3-8-19-14(20)13(15)12(9-17-19)18-10(2)11-4-6-16-7-5-11/h3-7,9-10,18H,1,8H2,2H3. The molecule has 104 valence electrons. The smallest absolute Gasteiger partial charge is 0.283 e. The minimum Gasteiger partial charge on any atom is -0.376 e. The molecule has 2 rings (SSSR count). The minimum absolute atomic E-state index is 0.0470. The molecule has 5 nitrogen and oxygen atoms in total. The van der Waals surface area contributed by atoms with Crippen molar-refractivity contribution in [3.05, 3.63) is 63.8 Å². The Morgan fingerprint density at radius 2 is 2.20 bits per heavy atom. The first-order chi connectivity index (χ1) is 9.63. The highest BCUT2D eigenvalue weighted by molar-refractivity contribution is 9.10. The van der Waals surface area contributed by atoms with E-state index in [1.54, 1.807) is 24.7 Å². The molecule has 0 fully saturated rings. The number of hydrogen-bond acceptors (Lipinski definition) is 4. The van der Waals surface area contributed by atoms with Gasteiger partial charge in [-0.15, -0.1) is 6.58 Å². The van der Waals surface area contributed by atoms with Gasteiger partial charge in [0, 0.05) is 18.4 Å².